The molecule has 0 saturated carbocycles. The lowest BCUT2D eigenvalue weighted by Crippen LogP contribution is -2.42. The highest BCUT2D eigenvalue weighted by molar-refractivity contribution is 5.98. The van der Waals surface area contributed by atoms with Crippen LogP contribution in [0, 0.1) is 0 Å². The molecular formula is C19H19N3O3. The molecule has 1 unspecified atom stereocenters. The van der Waals surface area contributed by atoms with E-state index in [1.165, 1.54) is 0 Å². The molecule has 2 N–H and O–H groups in total. The Labute approximate surface area is 145 Å². The second kappa shape index (κ2) is 6.47. The van der Waals surface area contributed by atoms with Crippen LogP contribution in [0.15, 0.2) is 48.5 Å². The van der Waals surface area contributed by atoms with E-state index in [4.69, 9.17) is 4.74 Å². The summed E-state index contributed by atoms with van der Waals surface area (Å²) >= 11 is 0. The number of nitrogens with one attached hydrogen (secondary N) is 2. The maximum atomic E-state index is 12.6. The van der Waals surface area contributed by atoms with Crippen molar-refractivity contribution in [3.8, 4) is 5.75 Å². The van der Waals surface area contributed by atoms with Gasteiger partial charge < -0.3 is 15.4 Å². The number of fused-ring (bicyclic) bond motifs is 1. The third kappa shape index (κ3) is 3.15. The third-order valence-corrected chi connectivity index (χ3v) is 4.49. The topological polar surface area (TPSA) is 70.7 Å². The van der Waals surface area contributed by atoms with E-state index in [1.807, 2.05) is 30.3 Å². The first-order valence-corrected chi connectivity index (χ1v) is 8.38. The van der Waals surface area contributed by atoms with Gasteiger partial charge in [-0.3, -0.25) is 9.69 Å². The van der Waals surface area contributed by atoms with E-state index in [1.54, 1.807) is 23.1 Å². The van der Waals surface area contributed by atoms with Crippen molar-refractivity contribution >= 4 is 17.6 Å². The minimum absolute atomic E-state index is 0.0684. The van der Waals surface area contributed by atoms with Gasteiger partial charge in [0.15, 0.2) is 0 Å². The zero-order chi connectivity index (χ0) is 17.2. The van der Waals surface area contributed by atoms with Crippen LogP contribution in [0.2, 0.25) is 0 Å². The van der Waals surface area contributed by atoms with Crippen molar-refractivity contribution < 1.29 is 14.3 Å². The molecule has 6 nitrogen and oxygen atoms in total. The molecule has 0 aromatic heterocycles. The molecule has 128 valence electrons. The Morgan fingerprint density at radius 2 is 2.08 bits per heavy atom. The van der Waals surface area contributed by atoms with Crippen LogP contribution < -0.4 is 20.3 Å². The summed E-state index contributed by atoms with van der Waals surface area (Å²) in [4.78, 5) is 26.0. The van der Waals surface area contributed by atoms with Crippen molar-refractivity contribution in [1.29, 1.82) is 0 Å². The molecule has 0 spiro atoms. The molecule has 1 fully saturated rings. The number of carbonyl (C=O) groups is 2. The first-order chi connectivity index (χ1) is 12.2. The van der Waals surface area contributed by atoms with Gasteiger partial charge in [0.25, 0.3) is 5.91 Å². The summed E-state index contributed by atoms with van der Waals surface area (Å²) in [7, 11) is 0. The Bertz CT molecular complexity index is 821. The van der Waals surface area contributed by atoms with Crippen LogP contribution in [0.5, 0.6) is 5.75 Å². The van der Waals surface area contributed by atoms with Crippen LogP contribution in [0.1, 0.15) is 15.9 Å². The summed E-state index contributed by atoms with van der Waals surface area (Å²) in [5.41, 5.74) is 2.37. The zero-order valence-corrected chi connectivity index (χ0v) is 13.7. The molecule has 3 amide bonds. The Kier molecular flexibility index (Phi) is 4.01. The lowest BCUT2D eigenvalue weighted by molar-refractivity contribution is 0.0915. The van der Waals surface area contributed by atoms with Crippen molar-refractivity contribution in [3.63, 3.8) is 0 Å². The van der Waals surface area contributed by atoms with E-state index in [2.05, 4.69) is 10.6 Å². The molecule has 0 aliphatic carbocycles. The summed E-state index contributed by atoms with van der Waals surface area (Å²) in [6.07, 6.45) is 0.746. The van der Waals surface area contributed by atoms with Crippen molar-refractivity contribution in [2.24, 2.45) is 0 Å². The molecule has 25 heavy (non-hydrogen) atoms. The number of urea groups is 1. The van der Waals surface area contributed by atoms with Crippen LogP contribution in [0.3, 0.4) is 0 Å². The first kappa shape index (κ1) is 15.5. The van der Waals surface area contributed by atoms with Gasteiger partial charge in [-0.25, -0.2) is 4.79 Å². The molecule has 1 saturated heterocycles. The number of hydrogen-bond donors (Lipinski definition) is 2. The van der Waals surface area contributed by atoms with Crippen molar-refractivity contribution in [2.45, 2.75) is 12.5 Å². The van der Waals surface area contributed by atoms with Gasteiger partial charge in [0, 0.05) is 24.3 Å². The molecule has 2 aliphatic heterocycles. The van der Waals surface area contributed by atoms with Crippen LogP contribution in [-0.2, 0) is 6.42 Å². The van der Waals surface area contributed by atoms with Gasteiger partial charge in [-0.15, -0.1) is 0 Å². The van der Waals surface area contributed by atoms with Crippen LogP contribution in [0.4, 0.5) is 10.5 Å². The van der Waals surface area contributed by atoms with Gasteiger partial charge in [0.05, 0.1) is 6.04 Å². The van der Waals surface area contributed by atoms with E-state index in [-0.39, 0.29) is 18.0 Å². The van der Waals surface area contributed by atoms with Crippen LogP contribution in [-0.4, -0.2) is 37.7 Å². The van der Waals surface area contributed by atoms with Gasteiger partial charge in [-0.1, -0.05) is 24.3 Å². The molecule has 1 atom stereocenters. The average molecular weight is 337 g/mol. The fraction of sp³-hybridized carbons (Fsp3) is 0.263. The SMILES string of the molecule is O=C(NC1COc2ccccc2C1)c1cccc(N2CCNC2=O)c1. The fourth-order valence-electron chi connectivity index (χ4n) is 3.22. The summed E-state index contributed by atoms with van der Waals surface area (Å²) in [6, 6.07) is 14.8. The second-order valence-corrected chi connectivity index (χ2v) is 6.23. The molecule has 0 bridgehead atoms. The summed E-state index contributed by atoms with van der Waals surface area (Å²) in [5.74, 6) is 0.726. The Balaban J connectivity index is 1.46. The predicted molar refractivity (Wildman–Crippen MR) is 94.1 cm³/mol. The van der Waals surface area contributed by atoms with Crippen LogP contribution >= 0.6 is 0 Å². The van der Waals surface area contributed by atoms with Gasteiger partial charge in [-0.05, 0) is 36.2 Å². The molecule has 2 aromatic carbocycles. The highest BCUT2D eigenvalue weighted by Crippen LogP contribution is 2.24. The Morgan fingerprint density at radius 3 is 2.92 bits per heavy atom. The zero-order valence-electron chi connectivity index (χ0n) is 13.7. The number of anilines is 1. The van der Waals surface area contributed by atoms with Gasteiger partial charge >= 0.3 is 6.03 Å². The van der Waals surface area contributed by atoms with Crippen molar-refractivity contribution in [1.82, 2.24) is 10.6 Å². The number of rotatable bonds is 3. The Morgan fingerprint density at radius 1 is 1.20 bits per heavy atom. The van der Waals surface area contributed by atoms with Gasteiger partial charge in [0.1, 0.15) is 12.4 Å². The van der Waals surface area contributed by atoms with Gasteiger partial charge in [-0.2, -0.15) is 0 Å². The summed E-state index contributed by atoms with van der Waals surface area (Å²) in [6.45, 7) is 1.68. The number of hydrogen-bond acceptors (Lipinski definition) is 3. The van der Waals surface area contributed by atoms with Crippen molar-refractivity contribution in [3.05, 3.63) is 59.7 Å². The monoisotopic (exact) mass is 337 g/mol. The standard InChI is InChI=1S/C19H19N3O3/c23-18(21-15-10-13-4-1-2-7-17(13)25-12-15)14-5-3-6-16(11-14)22-9-8-20-19(22)24/h1-7,11,15H,8-10,12H2,(H,20,24)(H,21,23). The van der Waals surface area contributed by atoms with E-state index < -0.39 is 0 Å². The number of benzene rings is 2. The highest BCUT2D eigenvalue weighted by atomic mass is 16.5. The van der Waals surface area contributed by atoms with Crippen LogP contribution in [0.25, 0.3) is 0 Å². The number of carbonyl (C=O) groups excluding carboxylic acids is 2. The molecule has 2 heterocycles. The first-order valence-electron chi connectivity index (χ1n) is 8.38. The van der Waals surface area contributed by atoms with E-state index in [0.717, 1.165) is 23.4 Å². The molecule has 2 aliphatic rings. The number of nitrogens with zero attached hydrogens (tertiary/aromatic N) is 1. The lowest BCUT2D eigenvalue weighted by Gasteiger charge is -2.26. The summed E-state index contributed by atoms with van der Waals surface area (Å²) < 4.78 is 5.72. The quantitative estimate of drug-likeness (QED) is 0.899. The number of para-hydroxylation sites is 1. The third-order valence-electron chi connectivity index (χ3n) is 4.49. The molecule has 2 aromatic rings. The minimum Gasteiger partial charge on any atom is -0.491 e. The summed E-state index contributed by atoms with van der Waals surface area (Å²) in [5, 5.41) is 5.78. The lowest BCUT2D eigenvalue weighted by atomic mass is 10.0. The number of ether oxygens (including phenoxy) is 1. The highest BCUT2D eigenvalue weighted by Gasteiger charge is 2.24. The maximum Gasteiger partial charge on any atom is 0.321 e. The normalized spacial score (nSPS) is 19.0. The van der Waals surface area contributed by atoms with Gasteiger partial charge in [0.2, 0.25) is 0 Å². The van der Waals surface area contributed by atoms with E-state index in [9.17, 15) is 9.59 Å². The molecule has 6 heteroatoms. The molecule has 4 rings (SSSR count). The van der Waals surface area contributed by atoms with E-state index >= 15 is 0 Å². The predicted octanol–water partition coefficient (Wildman–Crippen LogP) is 1.95. The molecule has 0 radical (unpaired) electrons. The smallest absolute Gasteiger partial charge is 0.321 e. The Hall–Kier alpha value is -3.02. The molecular weight excluding hydrogens is 318 g/mol. The average Bonchev–Trinajstić information content (AvgIpc) is 3.08. The second-order valence-electron chi connectivity index (χ2n) is 6.23. The maximum absolute atomic E-state index is 12.6. The fourth-order valence-corrected chi connectivity index (χ4v) is 3.22. The number of amides is 3. The van der Waals surface area contributed by atoms with Crippen molar-refractivity contribution in [2.75, 3.05) is 24.6 Å². The largest absolute Gasteiger partial charge is 0.491 e. The minimum atomic E-state index is -0.158. The van der Waals surface area contributed by atoms with E-state index in [0.29, 0.717) is 25.3 Å².